The predicted octanol–water partition coefficient (Wildman–Crippen LogP) is 2.26. The molecule has 5 atom stereocenters. The highest BCUT2D eigenvalue weighted by Crippen LogP contribution is 2.44. The van der Waals surface area contributed by atoms with E-state index in [1.165, 1.54) is 13.2 Å². The molecule has 0 radical (unpaired) electrons. The zero-order valence-electron chi connectivity index (χ0n) is 16.7. The van der Waals surface area contributed by atoms with Crippen molar-refractivity contribution in [3.63, 3.8) is 0 Å². The standard InChI is InChI=1S/C21H26O7/c1-6-11(2)19(23)27-16-9-21(4)17(22)8-14(28-21)12(3)7-15-18(16)13(10-25-5)20(24)26-15/h6,8,13,15-16,18H,3,7,9-10H2,1-2,4-5H3. The van der Waals surface area contributed by atoms with Gasteiger partial charge in [0.05, 0.1) is 12.5 Å². The Kier molecular flexibility index (Phi) is 5.48. The van der Waals surface area contributed by atoms with Gasteiger partial charge in [0.2, 0.25) is 5.78 Å². The SMILES string of the molecule is C=C1CC2OC(=O)C(COC)C2C(OC(=O)C(C)=CC)CC2(C)OC1=CC2=O. The maximum Gasteiger partial charge on any atom is 0.333 e. The van der Waals surface area contributed by atoms with E-state index < -0.39 is 41.6 Å². The van der Waals surface area contributed by atoms with Crippen molar-refractivity contribution in [2.75, 3.05) is 13.7 Å². The Morgan fingerprint density at radius 1 is 1.43 bits per heavy atom. The first-order chi connectivity index (χ1) is 13.2. The number of fused-ring (bicyclic) bond motifs is 3. The van der Waals surface area contributed by atoms with Crippen LogP contribution in [0, 0.1) is 11.8 Å². The van der Waals surface area contributed by atoms with E-state index in [1.807, 2.05) is 0 Å². The summed E-state index contributed by atoms with van der Waals surface area (Å²) in [4.78, 5) is 37.6. The molecule has 2 fully saturated rings. The van der Waals surface area contributed by atoms with Crippen molar-refractivity contribution in [3.05, 3.63) is 35.6 Å². The van der Waals surface area contributed by atoms with Gasteiger partial charge in [0.25, 0.3) is 0 Å². The topological polar surface area (TPSA) is 88.1 Å². The van der Waals surface area contributed by atoms with Crippen molar-refractivity contribution >= 4 is 17.7 Å². The monoisotopic (exact) mass is 390 g/mol. The number of carbonyl (C=O) groups excluding carboxylic acids is 3. The minimum Gasteiger partial charge on any atom is -0.479 e. The lowest BCUT2D eigenvalue weighted by Crippen LogP contribution is -2.45. The summed E-state index contributed by atoms with van der Waals surface area (Å²) in [5.74, 6) is -1.77. The van der Waals surface area contributed by atoms with Gasteiger partial charge in [-0.1, -0.05) is 12.7 Å². The van der Waals surface area contributed by atoms with E-state index >= 15 is 0 Å². The zero-order chi connectivity index (χ0) is 20.6. The van der Waals surface area contributed by atoms with E-state index in [-0.39, 0.29) is 18.8 Å². The second-order valence-electron chi connectivity index (χ2n) is 7.75. The molecular formula is C21H26O7. The Bertz CT molecular complexity index is 778. The van der Waals surface area contributed by atoms with Crippen molar-refractivity contribution < 1.29 is 33.3 Å². The zero-order valence-corrected chi connectivity index (χ0v) is 16.7. The van der Waals surface area contributed by atoms with Crippen LogP contribution in [-0.4, -0.2) is 49.2 Å². The first-order valence-electron chi connectivity index (χ1n) is 9.36. The van der Waals surface area contributed by atoms with Gasteiger partial charge in [-0.05, 0) is 26.3 Å². The third-order valence-corrected chi connectivity index (χ3v) is 5.76. The highest BCUT2D eigenvalue weighted by molar-refractivity contribution is 6.00. The number of hydrogen-bond donors (Lipinski definition) is 0. The van der Waals surface area contributed by atoms with Crippen LogP contribution in [-0.2, 0) is 33.3 Å². The Labute approximate surface area is 164 Å². The van der Waals surface area contributed by atoms with Gasteiger partial charge in [0, 0.05) is 37.5 Å². The molecule has 3 aliphatic rings. The molecule has 0 aliphatic carbocycles. The molecule has 7 nitrogen and oxygen atoms in total. The van der Waals surface area contributed by atoms with Crippen LogP contribution in [0.2, 0.25) is 0 Å². The quantitative estimate of drug-likeness (QED) is 0.537. The van der Waals surface area contributed by atoms with E-state index in [2.05, 4.69) is 6.58 Å². The van der Waals surface area contributed by atoms with Crippen molar-refractivity contribution in [3.8, 4) is 0 Å². The fourth-order valence-electron chi connectivity index (χ4n) is 4.01. The summed E-state index contributed by atoms with van der Waals surface area (Å²) in [6.07, 6.45) is 2.18. The Morgan fingerprint density at radius 2 is 2.14 bits per heavy atom. The number of methoxy groups -OCH3 is 1. The lowest BCUT2D eigenvalue weighted by atomic mass is 9.78. The Morgan fingerprint density at radius 3 is 2.79 bits per heavy atom. The number of esters is 2. The van der Waals surface area contributed by atoms with Gasteiger partial charge in [-0.2, -0.15) is 0 Å². The molecule has 7 heteroatoms. The molecule has 28 heavy (non-hydrogen) atoms. The van der Waals surface area contributed by atoms with Crippen LogP contribution in [0.5, 0.6) is 0 Å². The van der Waals surface area contributed by atoms with Crippen molar-refractivity contribution in [2.24, 2.45) is 11.8 Å². The minimum atomic E-state index is -1.19. The summed E-state index contributed by atoms with van der Waals surface area (Å²) in [6, 6.07) is 0. The van der Waals surface area contributed by atoms with Crippen LogP contribution in [0.15, 0.2) is 35.6 Å². The van der Waals surface area contributed by atoms with E-state index in [0.29, 0.717) is 23.3 Å². The third-order valence-electron chi connectivity index (χ3n) is 5.76. The molecule has 5 unspecified atom stereocenters. The van der Waals surface area contributed by atoms with Crippen LogP contribution in [0.3, 0.4) is 0 Å². The fourth-order valence-corrected chi connectivity index (χ4v) is 4.01. The van der Waals surface area contributed by atoms with Gasteiger partial charge in [-0.25, -0.2) is 4.79 Å². The molecule has 0 aromatic rings. The highest BCUT2D eigenvalue weighted by atomic mass is 16.6. The van der Waals surface area contributed by atoms with Crippen molar-refractivity contribution in [1.82, 2.24) is 0 Å². The summed E-state index contributed by atoms with van der Waals surface area (Å²) in [5, 5.41) is 0. The molecule has 0 N–H and O–H groups in total. The van der Waals surface area contributed by atoms with Crippen molar-refractivity contribution in [2.45, 2.75) is 51.4 Å². The maximum absolute atomic E-state index is 12.6. The summed E-state index contributed by atoms with van der Waals surface area (Å²) < 4.78 is 22.5. The van der Waals surface area contributed by atoms with Gasteiger partial charge < -0.3 is 18.9 Å². The molecule has 0 aromatic heterocycles. The Hall–Kier alpha value is -2.41. The lowest BCUT2D eigenvalue weighted by Gasteiger charge is -2.33. The second kappa shape index (κ2) is 7.54. The molecule has 152 valence electrons. The first-order valence-corrected chi connectivity index (χ1v) is 9.36. The van der Waals surface area contributed by atoms with Crippen LogP contribution >= 0.6 is 0 Å². The van der Waals surface area contributed by atoms with Gasteiger partial charge in [0.1, 0.15) is 18.0 Å². The number of hydrogen-bond acceptors (Lipinski definition) is 7. The summed E-state index contributed by atoms with van der Waals surface area (Å²) in [5.41, 5.74) is -0.169. The van der Waals surface area contributed by atoms with Crippen LogP contribution in [0.4, 0.5) is 0 Å². The first kappa shape index (κ1) is 20.3. The van der Waals surface area contributed by atoms with Gasteiger partial charge in [-0.3, -0.25) is 9.59 Å². The van der Waals surface area contributed by atoms with E-state index in [0.717, 1.165) is 0 Å². The lowest BCUT2D eigenvalue weighted by molar-refractivity contribution is -0.155. The fraction of sp³-hybridized carbons (Fsp3) is 0.571. The summed E-state index contributed by atoms with van der Waals surface area (Å²) in [6.45, 7) is 9.19. The van der Waals surface area contributed by atoms with Crippen molar-refractivity contribution in [1.29, 1.82) is 0 Å². The average molecular weight is 390 g/mol. The number of rotatable bonds is 4. The molecule has 2 bridgehead atoms. The molecule has 0 amide bonds. The predicted molar refractivity (Wildman–Crippen MR) is 99.0 cm³/mol. The number of allylic oxidation sites excluding steroid dienone is 2. The van der Waals surface area contributed by atoms with Gasteiger partial charge in [0.15, 0.2) is 5.60 Å². The molecule has 3 rings (SSSR count). The molecule has 3 aliphatic heterocycles. The molecular weight excluding hydrogens is 364 g/mol. The molecule has 0 spiro atoms. The Balaban J connectivity index is 2.03. The molecule has 3 heterocycles. The number of carbonyl (C=O) groups is 3. The van der Waals surface area contributed by atoms with E-state index in [9.17, 15) is 14.4 Å². The second-order valence-corrected chi connectivity index (χ2v) is 7.75. The van der Waals surface area contributed by atoms with Gasteiger partial charge in [-0.15, -0.1) is 0 Å². The average Bonchev–Trinajstić information content (AvgIpc) is 3.11. The van der Waals surface area contributed by atoms with E-state index in [1.54, 1.807) is 26.8 Å². The number of ketones is 1. The van der Waals surface area contributed by atoms with E-state index in [4.69, 9.17) is 18.9 Å². The smallest absolute Gasteiger partial charge is 0.333 e. The normalized spacial score (nSPS) is 35.2. The highest BCUT2D eigenvalue weighted by Gasteiger charge is 2.55. The van der Waals surface area contributed by atoms with Crippen LogP contribution in [0.1, 0.15) is 33.6 Å². The largest absolute Gasteiger partial charge is 0.479 e. The molecule has 2 saturated heterocycles. The summed E-state index contributed by atoms with van der Waals surface area (Å²) >= 11 is 0. The maximum atomic E-state index is 12.6. The molecule has 0 aromatic carbocycles. The van der Waals surface area contributed by atoms with Crippen LogP contribution < -0.4 is 0 Å². The summed E-state index contributed by atoms with van der Waals surface area (Å²) in [7, 11) is 1.50. The molecule has 0 saturated carbocycles. The van der Waals surface area contributed by atoms with Crippen LogP contribution in [0.25, 0.3) is 0 Å². The van der Waals surface area contributed by atoms with Gasteiger partial charge >= 0.3 is 11.9 Å². The minimum absolute atomic E-state index is 0.111. The number of ether oxygens (including phenoxy) is 4. The third kappa shape index (κ3) is 3.51.